The van der Waals surface area contributed by atoms with Crippen molar-refractivity contribution in [2.75, 3.05) is 13.1 Å². The molecular weight excluding hydrogens is 292 g/mol. The summed E-state index contributed by atoms with van der Waals surface area (Å²) in [5.74, 6) is 0.0350. The monoisotopic (exact) mass is 318 g/mol. The summed E-state index contributed by atoms with van der Waals surface area (Å²) in [5, 5.41) is 6.07. The minimum absolute atomic E-state index is 0.0350. The van der Waals surface area contributed by atoms with Crippen molar-refractivity contribution in [3.05, 3.63) is 35.4 Å². The lowest BCUT2D eigenvalue weighted by molar-refractivity contribution is -0.135. The SMILES string of the molecule is Cc1ccccc1C(CC(=O)N1CCNC(C)C1C)NC(N)=O. The van der Waals surface area contributed by atoms with E-state index in [9.17, 15) is 9.59 Å². The highest BCUT2D eigenvalue weighted by molar-refractivity contribution is 5.79. The van der Waals surface area contributed by atoms with Gasteiger partial charge in [-0.1, -0.05) is 24.3 Å². The van der Waals surface area contributed by atoms with E-state index in [1.807, 2.05) is 43.0 Å². The summed E-state index contributed by atoms with van der Waals surface area (Å²) in [6, 6.07) is 7.08. The van der Waals surface area contributed by atoms with Crippen molar-refractivity contribution < 1.29 is 9.59 Å². The van der Waals surface area contributed by atoms with Gasteiger partial charge in [0.1, 0.15) is 0 Å². The van der Waals surface area contributed by atoms with E-state index in [1.54, 1.807) is 0 Å². The lowest BCUT2D eigenvalue weighted by atomic mass is 9.97. The molecule has 6 nitrogen and oxygen atoms in total. The third kappa shape index (κ3) is 4.22. The van der Waals surface area contributed by atoms with Gasteiger partial charge in [-0.25, -0.2) is 4.79 Å². The predicted octanol–water partition coefficient (Wildman–Crippen LogP) is 1.30. The van der Waals surface area contributed by atoms with Gasteiger partial charge in [-0.15, -0.1) is 0 Å². The van der Waals surface area contributed by atoms with E-state index < -0.39 is 12.1 Å². The van der Waals surface area contributed by atoms with Crippen LogP contribution in [-0.4, -0.2) is 42.0 Å². The second kappa shape index (κ2) is 7.46. The number of nitrogens with zero attached hydrogens (tertiary/aromatic N) is 1. The van der Waals surface area contributed by atoms with Crippen LogP contribution in [0.2, 0.25) is 0 Å². The van der Waals surface area contributed by atoms with Gasteiger partial charge in [0.2, 0.25) is 5.91 Å². The molecule has 126 valence electrons. The molecule has 1 fully saturated rings. The van der Waals surface area contributed by atoms with E-state index in [2.05, 4.69) is 17.6 Å². The molecule has 23 heavy (non-hydrogen) atoms. The summed E-state index contributed by atoms with van der Waals surface area (Å²) in [5.41, 5.74) is 7.25. The van der Waals surface area contributed by atoms with Crippen LogP contribution in [0, 0.1) is 6.92 Å². The second-order valence-electron chi connectivity index (χ2n) is 6.19. The smallest absolute Gasteiger partial charge is 0.312 e. The Balaban J connectivity index is 2.16. The van der Waals surface area contributed by atoms with Crippen LogP contribution >= 0.6 is 0 Å². The lowest BCUT2D eigenvalue weighted by Crippen LogP contribution is -2.57. The van der Waals surface area contributed by atoms with Crippen LogP contribution in [-0.2, 0) is 4.79 Å². The molecule has 3 unspecified atom stereocenters. The number of urea groups is 1. The van der Waals surface area contributed by atoms with Crippen molar-refractivity contribution >= 4 is 11.9 Å². The summed E-state index contributed by atoms with van der Waals surface area (Å²) in [6.07, 6.45) is 0.213. The molecule has 3 amide bonds. The number of piperazine rings is 1. The van der Waals surface area contributed by atoms with Gasteiger partial charge in [-0.05, 0) is 31.9 Å². The highest BCUT2D eigenvalue weighted by atomic mass is 16.2. The fourth-order valence-electron chi connectivity index (χ4n) is 3.09. The molecule has 3 atom stereocenters. The molecule has 1 aliphatic rings. The molecule has 1 saturated heterocycles. The van der Waals surface area contributed by atoms with E-state index in [-0.39, 0.29) is 24.4 Å². The molecule has 0 aromatic heterocycles. The van der Waals surface area contributed by atoms with Gasteiger partial charge in [-0.3, -0.25) is 4.79 Å². The largest absolute Gasteiger partial charge is 0.352 e. The van der Waals surface area contributed by atoms with E-state index >= 15 is 0 Å². The van der Waals surface area contributed by atoms with Crippen molar-refractivity contribution in [1.29, 1.82) is 0 Å². The van der Waals surface area contributed by atoms with Gasteiger partial charge in [-0.2, -0.15) is 0 Å². The number of carbonyl (C=O) groups is 2. The fraction of sp³-hybridized carbons (Fsp3) is 0.529. The quantitative estimate of drug-likeness (QED) is 0.782. The number of hydrogen-bond donors (Lipinski definition) is 3. The van der Waals surface area contributed by atoms with Crippen molar-refractivity contribution in [1.82, 2.24) is 15.5 Å². The van der Waals surface area contributed by atoms with E-state index in [1.165, 1.54) is 0 Å². The van der Waals surface area contributed by atoms with Crippen LogP contribution in [0.25, 0.3) is 0 Å². The lowest BCUT2D eigenvalue weighted by Gasteiger charge is -2.39. The van der Waals surface area contributed by atoms with Crippen molar-refractivity contribution in [3.8, 4) is 0 Å². The zero-order chi connectivity index (χ0) is 17.0. The Bertz CT molecular complexity index is 575. The van der Waals surface area contributed by atoms with Crippen molar-refractivity contribution in [2.24, 2.45) is 5.73 Å². The van der Waals surface area contributed by atoms with Gasteiger partial charge in [0.05, 0.1) is 12.5 Å². The Morgan fingerprint density at radius 2 is 2.09 bits per heavy atom. The summed E-state index contributed by atoms with van der Waals surface area (Å²) in [4.78, 5) is 26.0. The highest BCUT2D eigenvalue weighted by Gasteiger charge is 2.30. The number of rotatable bonds is 4. The van der Waals surface area contributed by atoms with Crippen LogP contribution in [0.5, 0.6) is 0 Å². The van der Waals surface area contributed by atoms with Gasteiger partial charge in [0.25, 0.3) is 0 Å². The Morgan fingerprint density at radius 3 is 2.74 bits per heavy atom. The molecule has 1 aromatic carbocycles. The molecule has 1 heterocycles. The maximum Gasteiger partial charge on any atom is 0.312 e. The minimum atomic E-state index is -0.618. The molecular formula is C17H26N4O2. The van der Waals surface area contributed by atoms with Crippen LogP contribution in [0.3, 0.4) is 0 Å². The van der Waals surface area contributed by atoms with Crippen molar-refractivity contribution in [2.45, 2.75) is 45.3 Å². The first-order chi connectivity index (χ1) is 10.9. The first-order valence-corrected chi connectivity index (χ1v) is 8.04. The van der Waals surface area contributed by atoms with E-state index in [0.29, 0.717) is 6.54 Å². The zero-order valence-electron chi connectivity index (χ0n) is 14.0. The minimum Gasteiger partial charge on any atom is -0.352 e. The molecule has 0 spiro atoms. The third-order valence-electron chi connectivity index (χ3n) is 4.61. The number of primary amides is 1. The average Bonchev–Trinajstić information content (AvgIpc) is 2.49. The third-order valence-corrected chi connectivity index (χ3v) is 4.61. The molecule has 0 radical (unpaired) electrons. The first kappa shape index (κ1) is 17.3. The second-order valence-corrected chi connectivity index (χ2v) is 6.19. The fourth-order valence-corrected chi connectivity index (χ4v) is 3.09. The molecule has 1 aromatic rings. The summed E-state index contributed by atoms with van der Waals surface area (Å²) >= 11 is 0. The van der Waals surface area contributed by atoms with Crippen molar-refractivity contribution in [3.63, 3.8) is 0 Å². The van der Waals surface area contributed by atoms with Crippen LogP contribution < -0.4 is 16.4 Å². The molecule has 1 aliphatic heterocycles. The van der Waals surface area contributed by atoms with Gasteiger partial charge in [0.15, 0.2) is 0 Å². The number of benzene rings is 1. The Morgan fingerprint density at radius 1 is 1.39 bits per heavy atom. The summed E-state index contributed by atoms with van der Waals surface area (Å²) in [6.45, 7) is 7.55. The summed E-state index contributed by atoms with van der Waals surface area (Å²) in [7, 11) is 0. The molecule has 6 heteroatoms. The van der Waals surface area contributed by atoms with Crippen LogP contribution in [0.4, 0.5) is 4.79 Å². The van der Waals surface area contributed by atoms with E-state index in [0.717, 1.165) is 17.7 Å². The number of hydrogen-bond acceptors (Lipinski definition) is 3. The van der Waals surface area contributed by atoms with Gasteiger partial charge >= 0.3 is 6.03 Å². The van der Waals surface area contributed by atoms with E-state index in [4.69, 9.17) is 5.73 Å². The first-order valence-electron chi connectivity index (χ1n) is 8.04. The Labute approximate surface area is 137 Å². The molecule has 0 aliphatic carbocycles. The number of nitrogens with one attached hydrogen (secondary N) is 2. The van der Waals surface area contributed by atoms with Crippen LogP contribution in [0.15, 0.2) is 24.3 Å². The number of aryl methyl sites for hydroxylation is 1. The highest BCUT2D eigenvalue weighted by Crippen LogP contribution is 2.23. The Hall–Kier alpha value is -2.08. The summed E-state index contributed by atoms with van der Waals surface area (Å²) < 4.78 is 0. The van der Waals surface area contributed by atoms with Crippen LogP contribution in [0.1, 0.15) is 37.4 Å². The molecule has 4 N–H and O–H groups in total. The van der Waals surface area contributed by atoms with Gasteiger partial charge < -0.3 is 21.3 Å². The topological polar surface area (TPSA) is 87.5 Å². The number of amides is 3. The number of carbonyl (C=O) groups excluding carboxylic acids is 2. The molecule has 0 bridgehead atoms. The zero-order valence-corrected chi connectivity index (χ0v) is 14.0. The predicted molar refractivity (Wildman–Crippen MR) is 89.9 cm³/mol. The van der Waals surface area contributed by atoms with Gasteiger partial charge in [0, 0.05) is 25.2 Å². The Kier molecular flexibility index (Phi) is 5.60. The maximum absolute atomic E-state index is 12.7. The molecule has 0 saturated carbocycles. The normalized spacial score (nSPS) is 22.5. The standard InChI is InChI=1S/C17H26N4O2/c1-11-6-4-5-7-14(11)15(20-17(18)23)10-16(22)21-9-8-19-12(2)13(21)3/h4-7,12-13,15,19H,8-10H2,1-3H3,(H3,18,20,23). The number of nitrogens with two attached hydrogens (primary N) is 1. The average molecular weight is 318 g/mol. The maximum atomic E-state index is 12.7. The molecule has 2 rings (SSSR count).